The van der Waals surface area contributed by atoms with E-state index in [2.05, 4.69) is 4.89 Å². The summed E-state index contributed by atoms with van der Waals surface area (Å²) in [7, 11) is 0. The predicted octanol–water partition coefficient (Wildman–Crippen LogP) is -0.526. The van der Waals surface area contributed by atoms with Gasteiger partial charge in [-0.2, -0.15) is 5.26 Å². The van der Waals surface area contributed by atoms with Crippen molar-refractivity contribution >= 4 is 11.9 Å². The molecule has 0 spiro atoms. The van der Waals surface area contributed by atoms with Crippen LogP contribution in [0.4, 0.5) is 0 Å². The number of rotatable bonds is 1. The smallest absolute Gasteiger partial charge is 0.369 e. The molecule has 0 heterocycles. The summed E-state index contributed by atoms with van der Waals surface area (Å²) < 4.78 is 0. The summed E-state index contributed by atoms with van der Waals surface area (Å²) >= 11 is 0. The van der Waals surface area contributed by atoms with E-state index in [0.29, 0.717) is 0 Å². The molecule has 1 atom stereocenters. The molecule has 0 saturated heterocycles. The van der Waals surface area contributed by atoms with Crippen LogP contribution in [0.25, 0.3) is 0 Å². The third-order valence-electron chi connectivity index (χ3n) is 0.431. The van der Waals surface area contributed by atoms with Gasteiger partial charge in [-0.05, 0) is 6.92 Å². The number of carboxylic acid groups (broad SMARTS) is 1. The van der Waals surface area contributed by atoms with Crippen LogP contribution in [0.2, 0.25) is 0 Å². The lowest BCUT2D eigenvalue weighted by Crippen LogP contribution is -2.17. The van der Waals surface area contributed by atoms with Crippen LogP contribution in [0.3, 0.4) is 0 Å². The van der Waals surface area contributed by atoms with E-state index < -0.39 is 18.0 Å². The average molecular weight is 166 g/mol. The lowest BCUT2D eigenvalue weighted by Gasteiger charge is -1.94. The van der Waals surface area contributed by atoms with E-state index in [-0.39, 0.29) is 0 Å². The minimum absolute atomic E-state index is 0.833. The van der Waals surface area contributed by atoms with Gasteiger partial charge in [0.25, 0.3) is 5.97 Å². The Morgan fingerprint density at radius 3 is 1.73 bits per heavy atom. The summed E-state index contributed by atoms with van der Waals surface area (Å²) in [6, 6.07) is 0. The van der Waals surface area contributed by atoms with Crippen molar-refractivity contribution in [3.63, 3.8) is 0 Å². The molecule has 11 heavy (non-hydrogen) atoms. The number of aliphatic hydroxyl groups is 1. The molecule has 0 aliphatic heterocycles. The van der Waals surface area contributed by atoms with Crippen LogP contribution in [0.15, 0.2) is 0 Å². The fourth-order valence-electron chi connectivity index (χ4n) is 0.0763. The number of carboxylic acids is 1. The van der Waals surface area contributed by atoms with Gasteiger partial charge in [0.1, 0.15) is 0 Å². The van der Waals surface area contributed by atoms with Crippen molar-refractivity contribution in [2.45, 2.75) is 20.0 Å². The molecule has 6 heteroatoms. The highest BCUT2D eigenvalue weighted by atomic mass is 17.1. The minimum atomic E-state index is -1.25. The maximum atomic E-state index is 9.79. The molecule has 3 N–H and O–H groups in total. The van der Waals surface area contributed by atoms with Gasteiger partial charge < -0.3 is 10.2 Å². The SMILES string of the molecule is CC(=O)O.CC(O)C(=O)OO. The standard InChI is InChI=1S/C3H6O4.C2H4O2/c1-2(4)3(5)7-6;1-2(3)4/h2,4,6H,1H3;1H3,(H,3,4). The Kier molecular flexibility index (Phi) is 7.94. The Balaban J connectivity index is 0. The molecule has 0 aliphatic carbocycles. The van der Waals surface area contributed by atoms with Gasteiger partial charge in [-0.1, -0.05) is 0 Å². The highest BCUT2D eigenvalue weighted by Crippen LogP contribution is 1.80. The second-order valence-electron chi connectivity index (χ2n) is 1.61. The number of hydrogen-bond donors (Lipinski definition) is 3. The van der Waals surface area contributed by atoms with Gasteiger partial charge in [0, 0.05) is 6.92 Å². The summed E-state index contributed by atoms with van der Waals surface area (Å²) in [5.41, 5.74) is 0. The van der Waals surface area contributed by atoms with Crippen LogP contribution < -0.4 is 0 Å². The molecule has 0 aromatic carbocycles. The Labute approximate surface area is 63.0 Å². The van der Waals surface area contributed by atoms with Crippen molar-refractivity contribution in [3.8, 4) is 0 Å². The Hall–Kier alpha value is -1.14. The number of hydrogen-bond acceptors (Lipinski definition) is 5. The van der Waals surface area contributed by atoms with Crippen LogP contribution in [0.5, 0.6) is 0 Å². The maximum absolute atomic E-state index is 9.79. The van der Waals surface area contributed by atoms with Gasteiger partial charge in [0.2, 0.25) is 0 Å². The molecular formula is C5H10O6. The van der Waals surface area contributed by atoms with Crippen LogP contribution in [-0.2, 0) is 14.5 Å². The predicted molar refractivity (Wildman–Crippen MR) is 33.7 cm³/mol. The first-order chi connectivity index (χ1) is 4.91. The van der Waals surface area contributed by atoms with Gasteiger partial charge >= 0.3 is 5.97 Å². The van der Waals surface area contributed by atoms with Crippen LogP contribution in [0.1, 0.15) is 13.8 Å². The van der Waals surface area contributed by atoms with E-state index in [0.717, 1.165) is 6.92 Å². The molecule has 0 aromatic rings. The first kappa shape index (κ1) is 12.5. The quantitative estimate of drug-likeness (QED) is 0.357. The summed E-state index contributed by atoms with van der Waals surface area (Å²) in [5, 5.41) is 23.1. The number of carbonyl (C=O) groups excluding carboxylic acids is 1. The van der Waals surface area contributed by atoms with E-state index in [1.54, 1.807) is 0 Å². The van der Waals surface area contributed by atoms with Crippen LogP contribution >= 0.6 is 0 Å². The third kappa shape index (κ3) is 17.7. The zero-order chi connectivity index (χ0) is 9.44. The van der Waals surface area contributed by atoms with Crippen LogP contribution in [-0.4, -0.2) is 33.5 Å². The molecule has 0 fully saturated rings. The highest BCUT2D eigenvalue weighted by molar-refractivity contribution is 5.72. The first-order valence-corrected chi connectivity index (χ1v) is 2.64. The molecule has 66 valence electrons. The molecular weight excluding hydrogens is 156 g/mol. The van der Waals surface area contributed by atoms with Crippen LogP contribution in [0, 0.1) is 0 Å². The molecule has 6 nitrogen and oxygen atoms in total. The normalized spacial score (nSPS) is 10.5. The summed E-state index contributed by atoms with van der Waals surface area (Å²) in [6.07, 6.45) is -1.25. The molecule has 0 amide bonds. The van der Waals surface area contributed by atoms with Crippen molar-refractivity contribution in [1.29, 1.82) is 0 Å². The Morgan fingerprint density at radius 1 is 1.45 bits per heavy atom. The topological polar surface area (TPSA) is 104 Å². The maximum Gasteiger partial charge on any atom is 0.369 e. The molecule has 0 aromatic heterocycles. The van der Waals surface area contributed by atoms with Gasteiger partial charge in [-0.3, -0.25) is 9.68 Å². The van der Waals surface area contributed by atoms with Crippen molar-refractivity contribution < 1.29 is 29.9 Å². The summed E-state index contributed by atoms with van der Waals surface area (Å²) in [4.78, 5) is 21.9. The van der Waals surface area contributed by atoms with Gasteiger partial charge in [-0.25, -0.2) is 4.79 Å². The van der Waals surface area contributed by atoms with Crippen molar-refractivity contribution in [2.75, 3.05) is 0 Å². The molecule has 0 bridgehead atoms. The van der Waals surface area contributed by atoms with Crippen molar-refractivity contribution in [3.05, 3.63) is 0 Å². The van der Waals surface area contributed by atoms with Gasteiger partial charge in [0.05, 0.1) is 0 Å². The Bertz CT molecular complexity index is 125. The zero-order valence-electron chi connectivity index (χ0n) is 6.14. The summed E-state index contributed by atoms with van der Waals surface area (Å²) in [6.45, 7) is 2.28. The third-order valence-corrected chi connectivity index (χ3v) is 0.431. The second-order valence-corrected chi connectivity index (χ2v) is 1.61. The molecule has 0 aliphatic rings. The first-order valence-electron chi connectivity index (χ1n) is 2.64. The molecule has 1 unspecified atom stereocenters. The zero-order valence-corrected chi connectivity index (χ0v) is 6.14. The van der Waals surface area contributed by atoms with Gasteiger partial charge in [0.15, 0.2) is 6.10 Å². The fourth-order valence-corrected chi connectivity index (χ4v) is 0.0763. The minimum Gasteiger partial charge on any atom is -0.481 e. The number of carbonyl (C=O) groups is 2. The van der Waals surface area contributed by atoms with E-state index in [1.165, 1.54) is 6.92 Å². The average Bonchev–Trinajstić information content (AvgIpc) is 1.85. The second kappa shape index (κ2) is 6.97. The Morgan fingerprint density at radius 2 is 1.73 bits per heavy atom. The lowest BCUT2D eigenvalue weighted by molar-refractivity contribution is -0.241. The number of aliphatic carboxylic acids is 1. The molecule has 0 rings (SSSR count). The monoisotopic (exact) mass is 166 g/mol. The molecule has 0 radical (unpaired) electrons. The summed E-state index contributed by atoms with van der Waals surface area (Å²) in [5.74, 6) is -1.87. The fraction of sp³-hybridized carbons (Fsp3) is 0.600. The van der Waals surface area contributed by atoms with Crippen molar-refractivity contribution in [2.24, 2.45) is 0 Å². The van der Waals surface area contributed by atoms with E-state index in [4.69, 9.17) is 20.3 Å². The lowest BCUT2D eigenvalue weighted by atomic mass is 10.4. The van der Waals surface area contributed by atoms with E-state index >= 15 is 0 Å². The van der Waals surface area contributed by atoms with E-state index in [1.807, 2.05) is 0 Å². The van der Waals surface area contributed by atoms with E-state index in [9.17, 15) is 4.79 Å². The molecule has 0 saturated carbocycles. The van der Waals surface area contributed by atoms with Gasteiger partial charge in [-0.15, -0.1) is 0 Å². The highest BCUT2D eigenvalue weighted by Gasteiger charge is 2.07. The number of aliphatic hydroxyl groups excluding tert-OH is 1. The largest absolute Gasteiger partial charge is 0.481 e. The van der Waals surface area contributed by atoms with Crippen molar-refractivity contribution in [1.82, 2.24) is 0 Å².